The van der Waals surface area contributed by atoms with Crippen molar-refractivity contribution < 1.29 is 19.0 Å². The number of aliphatic hydroxyl groups is 1. The van der Waals surface area contributed by atoms with E-state index in [1.54, 1.807) is 0 Å². The van der Waals surface area contributed by atoms with E-state index in [4.69, 9.17) is 20.3 Å². The third-order valence-electron chi connectivity index (χ3n) is 2.10. The molecule has 0 radical (unpaired) electrons. The monoisotopic (exact) mass is 251 g/mol. The van der Waals surface area contributed by atoms with Crippen molar-refractivity contribution in [3.63, 3.8) is 0 Å². The molecule has 0 aromatic heterocycles. The molecule has 0 unspecified atom stereocenters. The van der Waals surface area contributed by atoms with E-state index in [0.717, 1.165) is 0 Å². The van der Waals surface area contributed by atoms with Gasteiger partial charge in [0.15, 0.2) is 11.5 Å². The van der Waals surface area contributed by atoms with Gasteiger partial charge >= 0.3 is 0 Å². The SMILES string of the molecule is COc1cc(F)c([C@H](N)CO)cc1OC.Cl. The number of hydrogen-bond acceptors (Lipinski definition) is 4. The second-order valence-electron chi connectivity index (χ2n) is 3.02. The van der Waals surface area contributed by atoms with E-state index in [1.807, 2.05) is 0 Å². The number of halogens is 2. The highest BCUT2D eigenvalue weighted by Gasteiger charge is 2.15. The molecule has 1 atom stereocenters. The summed E-state index contributed by atoms with van der Waals surface area (Å²) in [5.41, 5.74) is 5.73. The second-order valence-corrected chi connectivity index (χ2v) is 3.02. The molecule has 0 heterocycles. The number of methoxy groups -OCH3 is 2. The maximum Gasteiger partial charge on any atom is 0.163 e. The van der Waals surface area contributed by atoms with Crippen LogP contribution in [0.4, 0.5) is 4.39 Å². The highest BCUT2D eigenvalue weighted by molar-refractivity contribution is 5.85. The predicted molar refractivity (Wildman–Crippen MR) is 60.8 cm³/mol. The summed E-state index contributed by atoms with van der Waals surface area (Å²) in [7, 11) is 2.87. The van der Waals surface area contributed by atoms with Crippen molar-refractivity contribution in [1.29, 1.82) is 0 Å². The van der Waals surface area contributed by atoms with E-state index in [2.05, 4.69) is 0 Å². The summed E-state index contributed by atoms with van der Waals surface area (Å²) < 4.78 is 23.4. The van der Waals surface area contributed by atoms with Gasteiger partial charge in [0.1, 0.15) is 5.82 Å². The molecule has 92 valence electrons. The van der Waals surface area contributed by atoms with Crippen molar-refractivity contribution in [1.82, 2.24) is 0 Å². The van der Waals surface area contributed by atoms with Crippen LogP contribution in [0.1, 0.15) is 11.6 Å². The van der Waals surface area contributed by atoms with E-state index in [9.17, 15) is 4.39 Å². The first-order valence-electron chi connectivity index (χ1n) is 4.41. The lowest BCUT2D eigenvalue weighted by atomic mass is 10.1. The number of hydrogen-bond donors (Lipinski definition) is 2. The molecule has 0 aliphatic rings. The number of rotatable bonds is 4. The molecule has 0 bridgehead atoms. The summed E-state index contributed by atoms with van der Waals surface area (Å²) in [5.74, 6) is 0.163. The Morgan fingerprint density at radius 1 is 1.31 bits per heavy atom. The van der Waals surface area contributed by atoms with E-state index < -0.39 is 11.9 Å². The number of benzene rings is 1. The summed E-state index contributed by atoms with van der Waals surface area (Å²) in [6.07, 6.45) is 0. The van der Waals surface area contributed by atoms with Crippen LogP contribution < -0.4 is 15.2 Å². The molecular weight excluding hydrogens is 237 g/mol. The lowest BCUT2D eigenvalue weighted by Crippen LogP contribution is -2.16. The van der Waals surface area contributed by atoms with Crippen LogP contribution >= 0.6 is 12.4 Å². The smallest absolute Gasteiger partial charge is 0.163 e. The predicted octanol–water partition coefficient (Wildman–Crippen LogP) is 1.26. The Bertz CT molecular complexity index is 349. The maximum atomic E-state index is 13.5. The first kappa shape index (κ1) is 15.0. The summed E-state index contributed by atoms with van der Waals surface area (Å²) in [6, 6.07) is 1.85. The van der Waals surface area contributed by atoms with Crippen LogP contribution in [0.3, 0.4) is 0 Å². The minimum Gasteiger partial charge on any atom is -0.493 e. The molecule has 1 aromatic rings. The van der Waals surface area contributed by atoms with Crippen molar-refractivity contribution in [2.45, 2.75) is 6.04 Å². The maximum absolute atomic E-state index is 13.5. The van der Waals surface area contributed by atoms with E-state index in [-0.39, 0.29) is 24.6 Å². The normalized spacial score (nSPS) is 11.6. The Labute approximate surface area is 99.6 Å². The molecule has 0 aliphatic heterocycles. The minimum absolute atomic E-state index is 0. The van der Waals surface area contributed by atoms with Gasteiger partial charge in [-0.25, -0.2) is 4.39 Å². The van der Waals surface area contributed by atoms with Crippen LogP contribution in [0.2, 0.25) is 0 Å². The Hall–Kier alpha value is -1.04. The van der Waals surface area contributed by atoms with Crippen molar-refractivity contribution in [2.75, 3.05) is 20.8 Å². The van der Waals surface area contributed by atoms with Crippen LogP contribution in [-0.2, 0) is 0 Å². The zero-order valence-electron chi connectivity index (χ0n) is 9.07. The highest BCUT2D eigenvalue weighted by Crippen LogP contribution is 2.31. The quantitative estimate of drug-likeness (QED) is 0.846. The third-order valence-corrected chi connectivity index (χ3v) is 2.10. The summed E-state index contributed by atoms with van der Waals surface area (Å²) in [5, 5.41) is 8.84. The average molecular weight is 252 g/mol. The van der Waals surface area contributed by atoms with Crippen molar-refractivity contribution in [3.8, 4) is 11.5 Å². The lowest BCUT2D eigenvalue weighted by Gasteiger charge is -2.14. The largest absolute Gasteiger partial charge is 0.493 e. The van der Waals surface area contributed by atoms with Crippen LogP contribution in [-0.4, -0.2) is 25.9 Å². The molecular formula is C10H15ClFNO3. The number of nitrogens with two attached hydrogens (primary N) is 1. The van der Waals surface area contributed by atoms with Crippen molar-refractivity contribution in [3.05, 3.63) is 23.5 Å². The fourth-order valence-electron chi connectivity index (χ4n) is 1.25. The highest BCUT2D eigenvalue weighted by atomic mass is 35.5. The molecule has 16 heavy (non-hydrogen) atoms. The van der Waals surface area contributed by atoms with E-state index in [0.29, 0.717) is 11.5 Å². The van der Waals surface area contributed by atoms with Gasteiger partial charge < -0.3 is 20.3 Å². The minimum atomic E-state index is -0.759. The number of aliphatic hydroxyl groups excluding tert-OH is 1. The molecule has 3 N–H and O–H groups in total. The summed E-state index contributed by atoms with van der Waals surface area (Å²) >= 11 is 0. The van der Waals surface area contributed by atoms with E-state index >= 15 is 0 Å². The molecule has 0 saturated heterocycles. The van der Waals surface area contributed by atoms with Gasteiger partial charge in [-0.2, -0.15) is 0 Å². The van der Waals surface area contributed by atoms with Gasteiger partial charge in [-0.15, -0.1) is 12.4 Å². The van der Waals surface area contributed by atoms with Gasteiger partial charge in [0.05, 0.1) is 26.9 Å². The van der Waals surface area contributed by atoms with Gasteiger partial charge in [-0.05, 0) is 6.07 Å². The Morgan fingerprint density at radius 3 is 2.25 bits per heavy atom. The summed E-state index contributed by atoms with van der Waals surface area (Å²) in [4.78, 5) is 0. The topological polar surface area (TPSA) is 64.7 Å². The van der Waals surface area contributed by atoms with Crippen LogP contribution in [0.5, 0.6) is 11.5 Å². The van der Waals surface area contributed by atoms with Crippen LogP contribution in [0.25, 0.3) is 0 Å². The molecule has 0 aliphatic carbocycles. The first-order valence-corrected chi connectivity index (χ1v) is 4.41. The van der Waals surface area contributed by atoms with Crippen molar-refractivity contribution in [2.24, 2.45) is 5.73 Å². The average Bonchev–Trinajstić information content (AvgIpc) is 2.27. The van der Waals surface area contributed by atoms with Gasteiger partial charge in [0.2, 0.25) is 0 Å². The van der Waals surface area contributed by atoms with Crippen molar-refractivity contribution >= 4 is 12.4 Å². The molecule has 0 amide bonds. The molecule has 0 spiro atoms. The lowest BCUT2D eigenvalue weighted by molar-refractivity contribution is 0.264. The molecule has 0 fully saturated rings. The Morgan fingerprint density at radius 2 is 1.81 bits per heavy atom. The molecule has 1 rings (SSSR count). The van der Waals surface area contributed by atoms with Gasteiger partial charge in [0, 0.05) is 11.6 Å². The molecule has 4 nitrogen and oxygen atoms in total. The molecule has 6 heteroatoms. The zero-order valence-corrected chi connectivity index (χ0v) is 9.88. The fraction of sp³-hybridized carbons (Fsp3) is 0.400. The molecule has 1 aromatic carbocycles. The van der Waals surface area contributed by atoms with Gasteiger partial charge in [-0.1, -0.05) is 0 Å². The number of ether oxygens (including phenoxy) is 2. The zero-order chi connectivity index (χ0) is 11.4. The first-order chi connectivity index (χ1) is 7.13. The van der Waals surface area contributed by atoms with Crippen LogP contribution in [0, 0.1) is 5.82 Å². The van der Waals surface area contributed by atoms with E-state index in [1.165, 1.54) is 26.4 Å². The summed E-state index contributed by atoms with van der Waals surface area (Å²) in [6.45, 7) is -0.327. The second kappa shape index (κ2) is 6.52. The van der Waals surface area contributed by atoms with Gasteiger partial charge in [0.25, 0.3) is 0 Å². The Balaban J connectivity index is 0.00000225. The standard InChI is InChI=1S/C10H14FNO3.ClH/c1-14-9-3-6(8(12)5-13)7(11)4-10(9)15-2;/h3-4,8,13H,5,12H2,1-2H3;1H/t8-;/m1./s1. The third kappa shape index (κ3) is 2.98. The molecule has 0 saturated carbocycles. The van der Waals surface area contributed by atoms with Gasteiger partial charge in [-0.3, -0.25) is 0 Å². The Kier molecular flexibility index (Phi) is 6.10. The fourth-order valence-corrected chi connectivity index (χ4v) is 1.25. The van der Waals surface area contributed by atoms with Crippen LogP contribution in [0.15, 0.2) is 12.1 Å².